The van der Waals surface area contributed by atoms with E-state index in [4.69, 9.17) is 1.37 Å². The van der Waals surface area contributed by atoms with Crippen molar-refractivity contribution in [3.05, 3.63) is 127 Å². The van der Waals surface area contributed by atoms with Gasteiger partial charge in [0.1, 0.15) is 0 Å². The number of nitrogens with zero attached hydrogens (tertiary/aromatic N) is 2. The van der Waals surface area contributed by atoms with Gasteiger partial charge in [0.05, 0.1) is 8.07 Å². The Labute approximate surface area is 281 Å². The summed E-state index contributed by atoms with van der Waals surface area (Å²) in [5.74, 6) is -0.654. The molecule has 0 atom stereocenters. The van der Waals surface area contributed by atoms with Crippen molar-refractivity contribution < 1.29 is 21.5 Å². The van der Waals surface area contributed by atoms with E-state index in [1.165, 1.54) is 41.7 Å². The van der Waals surface area contributed by atoms with Crippen molar-refractivity contribution in [3.63, 3.8) is 0 Å². The molecule has 0 fully saturated rings. The summed E-state index contributed by atoms with van der Waals surface area (Å²) in [6.07, 6.45) is 3.82. The molecule has 7 rings (SSSR count). The SMILES string of the molecule is C[Si](C)(C)c1ccc(-c2[c-]cccc2)nc1.[2H]C(C)(C)c1ccnc(-c2[c-]ccc3c2sc2cc(C)c4ccccc4c23)c1.[Ir]. The molecule has 0 spiro atoms. The standard InChI is InChI=1S/C25H20NS.C14H16NSi.Ir/c1-15(2)17-11-12-26-22(14-17)20-9-6-10-21-24-19-8-5-4-7-18(19)16(3)13-23(24)27-25(20)21;1-16(2,3)13-9-10-14(15-11-13)12-7-5-4-6-8-12;/h4-8,10-15H,1-3H3;4-7,9-11H,1-3H3;/q2*-1;/i15D;;. The largest absolute Gasteiger partial charge is 0.305 e. The smallest absolute Gasteiger partial charge is 0.0795 e. The maximum Gasteiger partial charge on any atom is 0.0795 e. The average molecular weight is 786 g/mol. The molecule has 0 unspecified atom stereocenters. The number of pyridine rings is 2. The quantitative estimate of drug-likeness (QED) is 0.131. The van der Waals surface area contributed by atoms with E-state index in [2.05, 4.69) is 97.2 Å². The minimum absolute atomic E-state index is 0. The summed E-state index contributed by atoms with van der Waals surface area (Å²) in [5.41, 5.74) is 6.23. The van der Waals surface area contributed by atoms with Crippen molar-refractivity contribution in [2.75, 3.05) is 0 Å². The molecule has 4 aromatic carbocycles. The van der Waals surface area contributed by atoms with Crippen LogP contribution in [0.1, 0.15) is 32.2 Å². The van der Waals surface area contributed by atoms with Crippen molar-refractivity contribution >= 4 is 55.5 Å². The zero-order valence-electron chi connectivity index (χ0n) is 27.0. The fraction of sp³-hybridized carbons (Fsp3) is 0.179. The van der Waals surface area contributed by atoms with E-state index in [1.54, 1.807) is 6.20 Å². The van der Waals surface area contributed by atoms with Gasteiger partial charge in [0.15, 0.2) is 0 Å². The number of benzene rings is 4. The summed E-state index contributed by atoms with van der Waals surface area (Å²) < 4.78 is 10.9. The second-order valence-corrected chi connectivity index (χ2v) is 18.3. The Morgan fingerprint density at radius 1 is 0.795 bits per heavy atom. The van der Waals surface area contributed by atoms with Crippen LogP contribution in [-0.2, 0) is 20.1 Å². The van der Waals surface area contributed by atoms with E-state index >= 15 is 0 Å². The molecule has 0 aliphatic heterocycles. The predicted octanol–water partition coefficient (Wildman–Crippen LogP) is 10.6. The summed E-state index contributed by atoms with van der Waals surface area (Å²) >= 11 is 1.81. The molecule has 7 aromatic rings. The van der Waals surface area contributed by atoms with Gasteiger partial charge in [0, 0.05) is 38.6 Å². The fourth-order valence-corrected chi connectivity index (χ4v) is 7.76. The summed E-state index contributed by atoms with van der Waals surface area (Å²) in [4.78, 5) is 9.13. The van der Waals surface area contributed by atoms with Crippen LogP contribution in [0.15, 0.2) is 103 Å². The number of thiophene rings is 1. The average Bonchev–Trinajstić information content (AvgIpc) is 3.40. The van der Waals surface area contributed by atoms with Gasteiger partial charge in [-0.25, -0.2) is 0 Å². The molecule has 3 aromatic heterocycles. The van der Waals surface area contributed by atoms with Crippen molar-refractivity contribution in [1.29, 1.82) is 0 Å². The molecule has 44 heavy (non-hydrogen) atoms. The first kappa shape index (κ1) is 30.5. The van der Waals surface area contributed by atoms with E-state index in [1.807, 2.05) is 73.8 Å². The number of hydrogen-bond donors (Lipinski definition) is 0. The van der Waals surface area contributed by atoms with Gasteiger partial charge in [-0.3, -0.25) is 0 Å². The molecule has 3 heterocycles. The van der Waals surface area contributed by atoms with Crippen LogP contribution in [0.3, 0.4) is 0 Å². The Morgan fingerprint density at radius 3 is 2.25 bits per heavy atom. The molecule has 223 valence electrons. The molecule has 0 N–H and O–H groups in total. The van der Waals surface area contributed by atoms with Gasteiger partial charge in [0.25, 0.3) is 0 Å². The van der Waals surface area contributed by atoms with Crippen LogP contribution in [0.5, 0.6) is 0 Å². The molecule has 0 bridgehead atoms. The first-order chi connectivity index (χ1) is 21.0. The predicted molar refractivity (Wildman–Crippen MR) is 189 cm³/mol. The summed E-state index contributed by atoms with van der Waals surface area (Å²) in [7, 11) is -1.23. The Bertz CT molecular complexity index is 2090. The van der Waals surface area contributed by atoms with Crippen LogP contribution in [0.4, 0.5) is 0 Å². The maximum absolute atomic E-state index is 8.36. The fourth-order valence-electron chi connectivity index (χ4n) is 5.40. The molecule has 2 nitrogen and oxygen atoms in total. The normalized spacial score (nSPS) is 12.0. The van der Waals surface area contributed by atoms with Crippen LogP contribution in [-0.4, -0.2) is 18.0 Å². The zero-order chi connectivity index (χ0) is 31.1. The van der Waals surface area contributed by atoms with Crippen molar-refractivity contribution in [3.8, 4) is 22.5 Å². The van der Waals surface area contributed by atoms with Gasteiger partial charge in [-0.05, 0) is 67.9 Å². The Hall–Kier alpha value is -3.47. The summed E-state index contributed by atoms with van der Waals surface area (Å²) in [6.45, 7) is 13.0. The van der Waals surface area contributed by atoms with E-state index in [0.29, 0.717) is 0 Å². The number of fused-ring (bicyclic) bond motifs is 5. The van der Waals surface area contributed by atoms with Crippen LogP contribution in [0, 0.1) is 19.1 Å². The number of hydrogen-bond acceptors (Lipinski definition) is 3. The Kier molecular flexibility index (Phi) is 9.20. The van der Waals surface area contributed by atoms with Gasteiger partial charge < -0.3 is 9.97 Å². The Balaban J connectivity index is 0.000000202. The van der Waals surface area contributed by atoms with E-state index < -0.39 is 14.0 Å². The molecule has 5 heteroatoms. The van der Waals surface area contributed by atoms with Gasteiger partial charge >= 0.3 is 0 Å². The molecule has 0 saturated heterocycles. The third kappa shape index (κ3) is 6.48. The van der Waals surface area contributed by atoms with Crippen molar-refractivity contribution in [2.24, 2.45) is 0 Å². The van der Waals surface area contributed by atoms with Gasteiger partial charge in [-0.2, -0.15) is 11.3 Å². The zero-order valence-corrected chi connectivity index (χ0v) is 30.2. The van der Waals surface area contributed by atoms with Gasteiger partial charge in [-0.1, -0.05) is 86.9 Å². The Morgan fingerprint density at radius 2 is 1.57 bits per heavy atom. The van der Waals surface area contributed by atoms with E-state index in [0.717, 1.165) is 28.1 Å². The molecular formula is C39H36IrN2SSi-2. The minimum atomic E-state index is -1.23. The maximum atomic E-state index is 8.36. The van der Waals surface area contributed by atoms with Crippen molar-refractivity contribution in [2.45, 2.75) is 46.3 Å². The molecule has 1 radical (unpaired) electrons. The molecule has 0 aliphatic rings. The van der Waals surface area contributed by atoms with Gasteiger partial charge in [-0.15, -0.1) is 59.7 Å². The number of aromatic nitrogens is 2. The van der Waals surface area contributed by atoms with Crippen LogP contribution in [0.2, 0.25) is 19.6 Å². The van der Waals surface area contributed by atoms with E-state index in [-0.39, 0.29) is 20.1 Å². The second-order valence-electron chi connectivity index (χ2n) is 12.2. The topological polar surface area (TPSA) is 25.8 Å². The number of rotatable bonds is 4. The monoisotopic (exact) mass is 786 g/mol. The first-order valence-corrected chi connectivity index (χ1v) is 19.0. The molecule has 0 aliphatic carbocycles. The third-order valence-corrected chi connectivity index (χ3v) is 11.1. The molecule has 0 amide bonds. The van der Waals surface area contributed by atoms with Crippen molar-refractivity contribution in [1.82, 2.24) is 9.97 Å². The minimum Gasteiger partial charge on any atom is -0.305 e. The van der Waals surface area contributed by atoms with E-state index in [9.17, 15) is 0 Å². The molecular weight excluding hydrogens is 749 g/mol. The van der Waals surface area contributed by atoms with Crippen LogP contribution >= 0.6 is 11.3 Å². The van der Waals surface area contributed by atoms with Crippen LogP contribution < -0.4 is 5.19 Å². The number of aryl methyl sites for hydroxylation is 1. The summed E-state index contributed by atoms with van der Waals surface area (Å²) in [5, 5.41) is 6.57. The molecule has 0 saturated carbocycles. The first-order valence-electron chi connectivity index (χ1n) is 15.2. The third-order valence-electron chi connectivity index (χ3n) is 7.85. The second kappa shape index (κ2) is 13.3. The van der Waals surface area contributed by atoms with Gasteiger partial charge in [0.2, 0.25) is 0 Å². The van der Waals surface area contributed by atoms with Crippen LogP contribution in [0.25, 0.3) is 53.5 Å². The summed E-state index contributed by atoms with van der Waals surface area (Å²) in [6, 6.07) is 37.9.